The van der Waals surface area contributed by atoms with Crippen molar-refractivity contribution in [3.05, 3.63) is 35.1 Å². The Labute approximate surface area is 115 Å². The van der Waals surface area contributed by atoms with Gasteiger partial charge in [-0.2, -0.15) is 5.26 Å². The van der Waals surface area contributed by atoms with Gasteiger partial charge in [-0.05, 0) is 32.5 Å². The van der Waals surface area contributed by atoms with E-state index < -0.39 is 0 Å². The summed E-state index contributed by atoms with van der Waals surface area (Å²) in [5.74, 6) is -0.318. The SMILES string of the molecule is CCC(C)N(C)CCNCc1ccc(C#N)cc1F. The van der Waals surface area contributed by atoms with Crippen LogP contribution in [0.25, 0.3) is 0 Å². The second kappa shape index (κ2) is 7.88. The van der Waals surface area contributed by atoms with Crippen molar-refractivity contribution in [2.24, 2.45) is 0 Å². The van der Waals surface area contributed by atoms with Crippen molar-refractivity contribution in [3.63, 3.8) is 0 Å². The maximum atomic E-state index is 13.6. The third kappa shape index (κ3) is 4.98. The van der Waals surface area contributed by atoms with Crippen LogP contribution in [0, 0.1) is 17.1 Å². The molecule has 0 spiro atoms. The smallest absolute Gasteiger partial charge is 0.129 e. The van der Waals surface area contributed by atoms with E-state index in [4.69, 9.17) is 5.26 Å². The molecule has 0 aromatic heterocycles. The molecule has 19 heavy (non-hydrogen) atoms. The molecule has 0 heterocycles. The molecule has 4 heteroatoms. The largest absolute Gasteiger partial charge is 0.311 e. The van der Waals surface area contributed by atoms with Gasteiger partial charge < -0.3 is 10.2 Å². The summed E-state index contributed by atoms with van der Waals surface area (Å²) in [6.07, 6.45) is 1.13. The van der Waals surface area contributed by atoms with Gasteiger partial charge in [0.2, 0.25) is 0 Å². The summed E-state index contributed by atoms with van der Waals surface area (Å²) in [7, 11) is 2.10. The Hall–Kier alpha value is -1.44. The fraction of sp³-hybridized carbons (Fsp3) is 0.533. The van der Waals surface area contributed by atoms with E-state index >= 15 is 0 Å². The van der Waals surface area contributed by atoms with Crippen LogP contribution in [0.2, 0.25) is 0 Å². The maximum Gasteiger partial charge on any atom is 0.129 e. The van der Waals surface area contributed by atoms with Crippen LogP contribution in [-0.2, 0) is 6.54 Å². The van der Waals surface area contributed by atoms with E-state index in [9.17, 15) is 4.39 Å². The monoisotopic (exact) mass is 263 g/mol. The molecular weight excluding hydrogens is 241 g/mol. The lowest BCUT2D eigenvalue weighted by Crippen LogP contribution is -2.34. The molecule has 1 rings (SSSR count). The van der Waals surface area contributed by atoms with Gasteiger partial charge in [0.15, 0.2) is 0 Å². The molecule has 0 fully saturated rings. The summed E-state index contributed by atoms with van der Waals surface area (Å²) in [4.78, 5) is 2.28. The van der Waals surface area contributed by atoms with Gasteiger partial charge in [0.25, 0.3) is 0 Å². The topological polar surface area (TPSA) is 39.1 Å². The highest BCUT2D eigenvalue weighted by atomic mass is 19.1. The molecule has 0 aliphatic heterocycles. The first-order chi connectivity index (χ1) is 9.08. The van der Waals surface area contributed by atoms with Gasteiger partial charge in [-0.25, -0.2) is 4.39 Å². The number of halogens is 1. The van der Waals surface area contributed by atoms with Gasteiger partial charge in [0, 0.05) is 31.2 Å². The minimum atomic E-state index is -0.318. The third-order valence-corrected chi connectivity index (χ3v) is 3.48. The lowest BCUT2D eigenvalue weighted by Gasteiger charge is -2.23. The van der Waals surface area contributed by atoms with Crippen LogP contribution >= 0.6 is 0 Å². The Morgan fingerprint density at radius 2 is 2.21 bits per heavy atom. The number of rotatable bonds is 7. The lowest BCUT2D eigenvalue weighted by atomic mass is 10.1. The molecule has 1 aromatic carbocycles. The zero-order valence-electron chi connectivity index (χ0n) is 11.9. The van der Waals surface area contributed by atoms with Crippen molar-refractivity contribution >= 4 is 0 Å². The number of hydrogen-bond acceptors (Lipinski definition) is 3. The molecule has 1 aromatic rings. The fourth-order valence-electron chi connectivity index (χ4n) is 1.77. The molecular formula is C15H22FN3. The molecule has 104 valence electrons. The highest BCUT2D eigenvalue weighted by Gasteiger charge is 2.06. The summed E-state index contributed by atoms with van der Waals surface area (Å²) >= 11 is 0. The predicted molar refractivity (Wildman–Crippen MR) is 75.2 cm³/mol. The quantitative estimate of drug-likeness (QED) is 0.768. The molecule has 1 atom stereocenters. The standard InChI is InChI=1S/C15H22FN3/c1-4-12(2)19(3)8-7-18-11-14-6-5-13(10-17)9-15(14)16/h5-6,9,12,18H,4,7-8,11H2,1-3H3. The van der Waals surface area contributed by atoms with E-state index in [1.54, 1.807) is 12.1 Å². The Morgan fingerprint density at radius 3 is 2.79 bits per heavy atom. The molecule has 0 saturated heterocycles. The van der Waals surface area contributed by atoms with Gasteiger partial charge in [-0.3, -0.25) is 0 Å². The van der Waals surface area contributed by atoms with Crippen molar-refractivity contribution in [3.8, 4) is 6.07 Å². The number of nitriles is 1. The number of hydrogen-bond donors (Lipinski definition) is 1. The van der Waals surface area contributed by atoms with Gasteiger partial charge in [-0.1, -0.05) is 13.0 Å². The van der Waals surface area contributed by atoms with Crippen molar-refractivity contribution in [1.82, 2.24) is 10.2 Å². The average Bonchev–Trinajstić information content (AvgIpc) is 2.43. The zero-order chi connectivity index (χ0) is 14.3. The first-order valence-corrected chi connectivity index (χ1v) is 6.68. The lowest BCUT2D eigenvalue weighted by molar-refractivity contribution is 0.251. The van der Waals surface area contributed by atoms with E-state index in [0.717, 1.165) is 19.5 Å². The van der Waals surface area contributed by atoms with Crippen LogP contribution in [0.4, 0.5) is 4.39 Å². The second-order valence-corrected chi connectivity index (χ2v) is 4.83. The van der Waals surface area contributed by atoms with Crippen molar-refractivity contribution < 1.29 is 4.39 Å². The number of benzene rings is 1. The average molecular weight is 263 g/mol. The van der Waals surface area contributed by atoms with Crippen LogP contribution < -0.4 is 5.32 Å². The molecule has 1 unspecified atom stereocenters. The van der Waals surface area contributed by atoms with Crippen LogP contribution in [0.3, 0.4) is 0 Å². The van der Waals surface area contributed by atoms with Gasteiger partial charge in [0.05, 0.1) is 11.6 Å². The molecule has 0 aliphatic carbocycles. The first kappa shape index (κ1) is 15.6. The molecule has 1 N–H and O–H groups in total. The molecule has 0 bridgehead atoms. The van der Waals surface area contributed by atoms with Crippen LogP contribution in [0.1, 0.15) is 31.4 Å². The Balaban J connectivity index is 2.36. The summed E-state index contributed by atoms with van der Waals surface area (Å²) in [5.41, 5.74) is 0.961. The van der Waals surface area contributed by atoms with Crippen LogP contribution in [0.15, 0.2) is 18.2 Å². The van der Waals surface area contributed by atoms with E-state index in [1.165, 1.54) is 6.07 Å². The minimum Gasteiger partial charge on any atom is -0.311 e. The Morgan fingerprint density at radius 1 is 1.47 bits per heavy atom. The highest BCUT2D eigenvalue weighted by Crippen LogP contribution is 2.09. The highest BCUT2D eigenvalue weighted by molar-refractivity contribution is 5.32. The first-order valence-electron chi connectivity index (χ1n) is 6.68. The van der Waals surface area contributed by atoms with Crippen LogP contribution in [0.5, 0.6) is 0 Å². The molecule has 0 aliphatic rings. The summed E-state index contributed by atoms with van der Waals surface area (Å²) in [6, 6.07) is 7.08. The number of likely N-dealkylation sites (N-methyl/N-ethyl adjacent to an activating group) is 1. The zero-order valence-corrected chi connectivity index (χ0v) is 11.9. The minimum absolute atomic E-state index is 0.318. The molecule has 0 amide bonds. The van der Waals surface area contributed by atoms with E-state index in [0.29, 0.717) is 23.7 Å². The Bertz CT molecular complexity index is 440. The van der Waals surface area contributed by atoms with Gasteiger partial charge in [0.1, 0.15) is 5.82 Å². The van der Waals surface area contributed by atoms with Crippen molar-refractivity contribution in [2.75, 3.05) is 20.1 Å². The normalized spacial score (nSPS) is 12.4. The maximum absolute atomic E-state index is 13.6. The van der Waals surface area contributed by atoms with E-state index in [2.05, 4.69) is 31.1 Å². The number of nitrogens with one attached hydrogen (secondary N) is 1. The fourth-order valence-corrected chi connectivity index (χ4v) is 1.77. The van der Waals surface area contributed by atoms with Gasteiger partial charge >= 0.3 is 0 Å². The van der Waals surface area contributed by atoms with Crippen molar-refractivity contribution in [2.45, 2.75) is 32.9 Å². The Kier molecular flexibility index (Phi) is 6.48. The third-order valence-electron chi connectivity index (χ3n) is 3.48. The summed E-state index contributed by atoms with van der Waals surface area (Å²) < 4.78 is 13.6. The van der Waals surface area contributed by atoms with Crippen LogP contribution in [-0.4, -0.2) is 31.1 Å². The van der Waals surface area contributed by atoms with E-state index in [1.807, 2.05) is 6.07 Å². The summed E-state index contributed by atoms with van der Waals surface area (Å²) in [6.45, 7) is 6.61. The van der Waals surface area contributed by atoms with E-state index in [-0.39, 0.29) is 5.82 Å². The number of nitrogens with zero attached hydrogens (tertiary/aromatic N) is 2. The van der Waals surface area contributed by atoms with Gasteiger partial charge in [-0.15, -0.1) is 0 Å². The summed E-state index contributed by atoms with van der Waals surface area (Å²) in [5, 5.41) is 11.9. The predicted octanol–water partition coefficient (Wildman–Crippen LogP) is 2.52. The molecule has 0 saturated carbocycles. The second-order valence-electron chi connectivity index (χ2n) is 4.83. The van der Waals surface area contributed by atoms with Crippen molar-refractivity contribution in [1.29, 1.82) is 5.26 Å². The molecule has 0 radical (unpaired) electrons. The molecule has 3 nitrogen and oxygen atoms in total.